The Labute approximate surface area is 112 Å². The summed E-state index contributed by atoms with van der Waals surface area (Å²) in [5.41, 5.74) is 1.71. The van der Waals surface area contributed by atoms with Crippen LogP contribution in [0.1, 0.15) is 12.5 Å². The zero-order chi connectivity index (χ0) is 13.1. The van der Waals surface area contributed by atoms with E-state index < -0.39 is 0 Å². The number of halogens is 1. The molecule has 100 valence electrons. The predicted octanol–water partition coefficient (Wildman–Crippen LogP) is 1.42. The first-order valence-electron chi connectivity index (χ1n) is 6.04. The molecule has 1 saturated heterocycles. The summed E-state index contributed by atoms with van der Waals surface area (Å²) in [7, 11) is 0. The van der Waals surface area contributed by atoms with E-state index in [1.165, 1.54) is 0 Å². The van der Waals surface area contributed by atoms with E-state index in [4.69, 9.17) is 21.4 Å². The van der Waals surface area contributed by atoms with Crippen LogP contribution in [-0.4, -0.2) is 42.1 Å². The smallest absolute Gasteiger partial charge is 0.0984 e. The van der Waals surface area contributed by atoms with E-state index >= 15 is 0 Å². The van der Waals surface area contributed by atoms with E-state index in [-0.39, 0.29) is 25.4 Å². The molecule has 2 rings (SSSR count). The zero-order valence-electron chi connectivity index (χ0n) is 10.3. The van der Waals surface area contributed by atoms with Crippen LogP contribution in [-0.2, 0) is 11.3 Å². The molecule has 0 aliphatic carbocycles. The molecular formula is C13H18ClNO3. The van der Waals surface area contributed by atoms with Gasteiger partial charge in [-0.3, -0.25) is 0 Å². The minimum absolute atomic E-state index is 0.0172. The monoisotopic (exact) mass is 271 g/mol. The molecule has 2 atom stereocenters. The minimum Gasteiger partial charge on any atom is -0.394 e. The number of morpholine rings is 1. The highest BCUT2D eigenvalue weighted by atomic mass is 35.5. The highest BCUT2D eigenvalue weighted by molar-refractivity contribution is 6.31. The average Bonchev–Trinajstić information content (AvgIpc) is 2.37. The maximum Gasteiger partial charge on any atom is 0.0984 e. The van der Waals surface area contributed by atoms with Gasteiger partial charge in [-0.15, -0.1) is 0 Å². The number of ether oxygens (including phenoxy) is 1. The quantitative estimate of drug-likeness (QED) is 0.873. The number of hydrogen-bond acceptors (Lipinski definition) is 4. The number of anilines is 1. The molecular weight excluding hydrogens is 254 g/mol. The van der Waals surface area contributed by atoms with Crippen LogP contribution in [0.15, 0.2) is 18.2 Å². The summed E-state index contributed by atoms with van der Waals surface area (Å²) < 4.78 is 5.60. The van der Waals surface area contributed by atoms with Crippen molar-refractivity contribution in [3.8, 4) is 0 Å². The molecule has 0 bridgehead atoms. The van der Waals surface area contributed by atoms with Crippen LogP contribution in [0.25, 0.3) is 0 Å². The van der Waals surface area contributed by atoms with Gasteiger partial charge in [0.05, 0.1) is 25.4 Å². The summed E-state index contributed by atoms with van der Waals surface area (Å²) in [6, 6.07) is 5.61. The fourth-order valence-corrected chi connectivity index (χ4v) is 2.45. The van der Waals surface area contributed by atoms with Gasteiger partial charge in [0.15, 0.2) is 0 Å². The first-order valence-corrected chi connectivity index (χ1v) is 6.42. The van der Waals surface area contributed by atoms with Crippen LogP contribution in [0.2, 0.25) is 5.02 Å². The Kier molecular flexibility index (Phi) is 4.45. The standard InChI is InChI=1S/C13H18ClNO3/c1-9-5-15(6-12(8-17)18-9)11-3-2-10(7-16)13(14)4-11/h2-4,9,12,16-17H,5-8H2,1H3. The van der Waals surface area contributed by atoms with Crippen LogP contribution < -0.4 is 4.90 Å². The molecule has 18 heavy (non-hydrogen) atoms. The number of benzene rings is 1. The van der Waals surface area contributed by atoms with Crippen LogP contribution in [0.3, 0.4) is 0 Å². The van der Waals surface area contributed by atoms with Crippen molar-refractivity contribution in [2.45, 2.75) is 25.7 Å². The van der Waals surface area contributed by atoms with Crippen molar-refractivity contribution in [2.24, 2.45) is 0 Å². The lowest BCUT2D eigenvalue weighted by Gasteiger charge is -2.37. The normalized spacial score (nSPS) is 24.3. The molecule has 5 heteroatoms. The number of aliphatic hydroxyl groups excluding tert-OH is 2. The molecule has 0 amide bonds. The van der Waals surface area contributed by atoms with Crippen LogP contribution in [0, 0.1) is 0 Å². The Morgan fingerprint density at radius 2 is 2.17 bits per heavy atom. The van der Waals surface area contributed by atoms with Crippen molar-refractivity contribution >= 4 is 17.3 Å². The molecule has 0 saturated carbocycles. The number of nitrogens with zero attached hydrogens (tertiary/aromatic N) is 1. The first kappa shape index (κ1) is 13.6. The highest BCUT2D eigenvalue weighted by Crippen LogP contribution is 2.26. The van der Waals surface area contributed by atoms with Gasteiger partial charge in [0, 0.05) is 23.8 Å². The molecule has 4 nitrogen and oxygen atoms in total. The van der Waals surface area contributed by atoms with Gasteiger partial charge < -0.3 is 19.8 Å². The maximum atomic E-state index is 9.20. The molecule has 0 aromatic heterocycles. The second-order valence-electron chi connectivity index (χ2n) is 4.59. The Morgan fingerprint density at radius 3 is 2.78 bits per heavy atom. The van der Waals surface area contributed by atoms with Crippen molar-refractivity contribution in [3.05, 3.63) is 28.8 Å². The Hall–Kier alpha value is -0.810. The van der Waals surface area contributed by atoms with Crippen molar-refractivity contribution in [2.75, 3.05) is 24.6 Å². The summed E-state index contributed by atoms with van der Waals surface area (Å²) in [5, 5.41) is 18.9. The van der Waals surface area contributed by atoms with E-state index in [0.717, 1.165) is 17.8 Å². The van der Waals surface area contributed by atoms with Gasteiger partial charge >= 0.3 is 0 Å². The molecule has 1 aliphatic rings. The first-order chi connectivity index (χ1) is 8.63. The van der Waals surface area contributed by atoms with Crippen molar-refractivity contribution in [1.82, 2.24) is 0 Å². The molecule has 0 spiro atoms. The Balaban J connectivity index is 2.17. The second-order valence-corrected chi connectivity index (χ2v) is 5.00. The molecule has 1 heterocycles. The van der Waals surface area contributed by atoms with E-state index in [2.05, 4.69) is 4.90 Å². The third-order valence-corrected chi connectivity index (χ3v) is 3.45. The molecule has 2 unspecified atom stereocenters. The molecule has 0 radical (unpaired) electrons. The SMILES string of the molecule is CC1CN(c2ccc(CO)c(Cl)c2)CC(CO)O1. The molecule has 1 aliphatic heterocycles. The van der Waals surface area contributed by atoms with Gasteiger partial charge in [0.2, 0.25) is 0 Å². The lowest BCUT2D eigenvalue weighted by Crippen LogP contribution is -2.48. The van der Waals surface area contributed by atoms with Gasteiger partial charge in [-0.1, -0.05) is 17.7 Å². The van der Waals surface area contributed by atoms with Crippen molar-refractivity contribution in [1.29, 1.82) is 0 Å². The summed E-state index contributed by atoms with van der Waals surface area (Å²) in [5.74, 6) is 0. The summed E-state index contributed by atoms with van der Waals surface area (Å²) >= 11 is 6.09. The second kappa shape index (κ2) is 5.89. The van der Waals surface area contributed by atoms with E-state index in [1.54, 1.807) is 0 Å². The third-order valence-electron chi connectivity index (χ3n) is 3.10. The van der Waals surface area contributed by atoms with E-state index in [0.29, 0.717) is 11.6 Å². The average molecular weight is 272 g/mol. The van der Waals surface area contributed by atoms with E-state index in [9.17, 15) is 5.11 Å². The topological polar surface area (TPSA) is 52.9 Å². The summed E-state index contributed by atoms with van der Waals surface area (Å²) in [6.45, 7) is 3.36. The minimum atomic E-state index is -0.162. The maximum absolute atomic E-state index is 9.20. The largest absolute Gasteiger partial charge is 0.394 e. The van der Waals surface area contributed by atoms with Crippen molar-refractivity contribution < 1.29 is 14.9 Å². The van der Waals surface area contributed by atoms with E-state index in [1.807, 2.05) is 25.1 Å². The zero-order valence-corrected chi connectivity index (χ0v) is 11.1. The van der Waals surface area contributed by atoms with Crippen LogP contribution >= 0.6 is 11.6 Å². The fourth-order valence-electron chi connectivity index (χ4n) is 2.22. The Morgan fingerprint density at radius 1 is 1.39 bits per heavy atom. The molecule has 1 aromatic rings. The summed E-state index contributed by atoms with van der Waals surface area (Å²) in [6.07, 6.45) is -0.0859. The highest BCUT2D eigenvalue weighted by Gasteiger charge is 2.25. The van der Waals surface area contributed by atoms with Gasteiger partial charge in [-0.25, -0.2) is 0 Å². The summed E-state index contributed by atoms with van der Waals surface area (Å²) in [4.78, 5) is 2.14. The van der Waals surface area contributed by atoms with Gasteiger partial charge in [0.1, 0.15) is 0 Å². The lowest BCUT2D eigenvalue weighted by molar-refractivity contribution is -0.0421. The third kappa shape index (κ3) is 2.95. The lowest BCUT2D eigenvalue weighted by atomic mass is 10.1. The van der Waals surface area contributed by atoms with Gasteiger partial charge in [-0.2, -0.15) is 0 Å². The van der Waals surface area contributed by atoms with Crippen molar-refractivity contribution in [3.63, 3.8) is 0 Å². The van der Waals surface area contributed by atoms with Gasteiger partial charge in [-0.05, 0) is 24.6 Å². The molecule has 1 aromatic carbocycles. The Bertz CT molecular complexity index is 413. The number of aliphatic hydroxyl groups is 2. The van der Waals surface area contributed by atoms with Crippen LogP contribution in [0.5, 0.6) is 0 Å². The van der Waals surface area contributed by atoms with Crippen LogP contribution in [0.4, 0.5) is 5.69 Å². The molecule has 1 fully saturated rings. The number of rotatable bonds is 3. The van der Waals surface area contributed by atoms with Gasteiger partial charge in [0.25, 0.3) is 0 Å². The predicted molar refractivity (Wildman–Crippen MR) is 71.0 cm³/mol. The fraction of sp³-hybridized carbons (Fsp3) is 0.538. The molecule has 2 N–H and O–H groups in total. The number of hydrogen-bond donors (Lipinski definition) is 2.